The number of aromatic nitrogens is 1. The number of carbonyl (C=O) groups excluding carboxylic acids is 1. The van der Waals surface area contributed by atoms with Gasteiger partial charge in [-0.15, -0.1) is 0 Å². The van der Waals surface area contributed by atoms with Gasteiger partial charge in [-0.2, -0.15) is 0 Å². The summed E-state index contributed by atoms with van der Waals surface area (Å²) in [7, 11) is -1.17. The molecule has 0 amide bonds. The number of benzene rings is 1. The molecule has 0 unspecified atom stereocenters. The maximum atomic E-state index is 12.2. The fraction of sp³-hybridized carbons (Fsp3) is 0.154. The van der Waals surface area contributed by atoms with Crippen LogP contribution in [-0.4, -0.2) is 20.8 Å². The molecule has 0 saturated carbocycles. The normalized spacial score (nSPS) is 12.3. The van der Waals surface area contributed by atoms with Gasteiger partial charge in [0.05, 0.1) is 17.3 Å². The van der Waals surface area contributed by atoms with Crippen LogP contribution < -0.4 is 0 Å². The summed E-state index contributed by atoms with van der Waals surface area (Å²) in [6.07, 6.45) is 5.24. The highest BCUT2D eigenvalue weighted by Crippen LogP contribution is 2.20. The molecule has 1 aromatic heterocycles. The third-order valence-electron chi connectivity index (χ3n) is 2.54. The molecule has 3 nitrogen and oxygen atoms in total. The van der Waals surface area contributed by atoms with Gasteiger partial charge in [0.15, 0.2) is 5.78 Å². The van der Waals surface area contributed by atoms with Crippen LogP contribution >= 0.6 is 15.9 Å². The minimum absolute atomic E-state index is 0.0438. The van der Waals surface area contributed by atoms with Gasteiger partial charge >= 0.3 is 0 Å². The Morgan fingerprint density at radius 3 is 2.61 bits per heavy atom. The number of halogens is 1. The average Bonchev–Trinajstić information content (AvgIpc) is 2.81. The van der Waals surface area contributed by atoms with Crippen molar-refractivity contribution in [3.8, 4) is 0 Å². The van der Waals surface area contributed by atoms with Crippen molar-refractivity contribution in [2.75, 3.05) is 6.26 Å². The van der Waals surface area contributed by atoms with Gasteiger partial charge in [0.1, 0.15) is 0 Å². The summed E-state index contributed by atoms with van der Waals surface area (Å²) in [5.74, 6) is -0.0438. The van der Waals surface area contributed by atoms with Crippen LogP contribution in [0.25, 0.3) is 0 Å². The monoisotopic (exact) mass is 325 g/mol. The second-order valence-electron chi connectivity index (χ2n) is 3.87. The highest BCUT2D eigenvalue weighted by molar-refractivity contribution is 9.10. The fourth-order valence-corrected chi connectivity index (χ4v) is 2.80. The number of ketones is 1. The summed E-state index contributed by atoms with van der Waals surface area (Å²) < 4.78 is 14.2. The van der Waals surface area contributed by atoms with E-state index in [4.69, 9.17) is 0 Å². The van der Waals surface area contributed by atoms with E-state index < -0.39 is 10.8 Å². The molecule has 1 aromatic carbocycles. The second-order valence-corrected chi connectivity index (χ2v) is 6.14. The number of hydrogen-bond acceptors (Lipinski definition) is 2. The first kappa shape index (κ1) is 13.2. The molecule has 18 heavy (non-hydrogen) atoms. The lowest BCUT2D eigenvalue weighted by Crippen LogP contribution is -2.11. The Hall–Kier alpha value is -1.20. The van der Waals surface area contributed by atoms with E-state index in [1.54, 1.807) is 29.0 Å². The van der Waals surface area contributed by atoms with Crippen molar-refractivity contribution in [3.63, 3.8) is 0 Å². The SMILES string of the molecule is C[S@@](=O)c1ccc(Br)cc1C(=O)Cn1cccc1. The number of hydrogen-bond donors (Lipinski definition) is 0. The van der Waals surface area contributed by atoms with Crippen molar-refractivity contribution >= 4 is 32.5 Å². The molecule has 0 aliphatic carbocycles. The van der Waals surface area contributed by atoms with Gasteiger partial charge in [-0.25, -0.2) is 0 Å². The van der Waals surface area contributed by atoms with Crippen LogP contribution in [-0.2, 0) is 17.3 Å². The van der Waals surface area contributed by atoms with Crippen molar-refractivity contribution in [1.29, 1.82) is 0 Å². The van der Waals surface area contributed by atoms with E-state index in [1.165, 1.54) is 0 Å². The van der Waals surface area contributed by atoms with Crippen LogP contribution in [0.2, 0.25) is 0 Å². The lowest BCUT2D eigenvalue weighted by Gasteiger charge is -2.08. The number of nitrogens with zero attached hydrogens (tertiary/aromatic N) is 1. The first-order chi connectivity index (χ1) is 8.58. The summed E-state index contributed by atoms with van der Waals surface area (Å²) in [6.45, 7) is 0.258. The predicted molar refractivity (Wildman–Crippen MR) is 75.2 cm³/mol. The maximum Gasteiger partial charge on any atom is 0.183 e. The topological polar surface area (TPSA) is 39.1 Å². The van der Waals surface area contributed by atoms with E-state index in [0.717, 1.165) is 4.47 Å². The lowest BCUT2D eigenvalue weighted by molar-refractivity contribution is 0.0969. The molecule has 0 aliphatic rings. The van der Waals surface area contributed by atoms with E-state index >= 15 is 0 Å². The van der Waals surface area contributed by atoms with Crippen LogP contribution in [0.3, 0.4) is 0 Å². The minimum Gasteiger partial charge on any atom is -0.347 e. The number of Topliss-reactive ketones (excluding diaryl/α,β-unsaturated/α-hetero) is 1. The molecule has 0 aliphatic heterocycles. The molecule has 0 bridgehead atoms. The fourth-order valence-electron chi connectivity index (χ4n) is 1.70. The Morgan fingerprint density at radius 2 is 2.00 bits per heavy atom. The standard InChI is InChI=1S/C13H12BrNO2S/c1-18(17)13-5-4-10(14)8-11(13)12(16)9-15-6-2-3-7-15/h2-8H,9H2,1H3/t18-/m1/s1. The molecule has 5 heteroatoms. The second kappa shape index (κ2) is 5.63. The molecule has 94 valence electrons. The lowest BCUT2D eigenvalue weighted by atomic mass is 10.1. The van der Waals surface area contributed by atoms with Gasteiger partial charge < -0.3 is 4.57 Å². The Kier molecular flexibility index (Phi) is 4.14. The zero-order chi connectivity index (χ0) is 13.1. The quantitative estimate of drug-likeness (QED) is 0.811. The van der Waals surface area contributed by atoms with Crippen LogP contribution in [0.1, 0.15) is 10.4 Å². The third-order valence-corrected chi connectivity index (χ3v) is 4.01. The van der Waals surface area contributed by atoms with E-state index in [2.05, 4.69) is 15.9 Å². The van der Waals surface area contributed by atoms with Gasteiger partial charge in [-0.3, -0.25) is 9.00 Å². The molecule has 0 fully saturated rings. The van der Waals surface area contributed by atoms with Crippen LogP contribution in [0.4, 0.5) is 0 Å². The maximum absolute atomic E-state index is 12.2. The van der Waals surface area contributed by atoms with Gasteiger partial charge in [0.25, 0.3) is 0 Å². The van der Waals surface area contributed by atoms with E-state index in [1.807, 2.05) is 24.5 Å². The molecule has 1 atom stereocenters. The summed E-state index contributed by atoms with van der Waals surface area (Å²) in [5, 5.41) is 0. The number of carbonyl (C=O) groups is 1. The van der Waals surface area contributed by atoms with Gasteiger partial charge in [-0.1, -0.05) is 15.9 Å². The van der Waals surface area contributed by atoms with Crippen LogP contribution in [0.15, 0.2) is 52.1 Å². The number of rotatable bonds is 4. The molecule has 2 rings (SSSR count). The minimum atomic E-state index is -1.17. The molecule has 0 spiro atoms. The van der Waals surface area contributed by atoms with Gasteiger partial charge in [0, 0.05) is 33.6 Å². The van der Waals surface area contributed by atoms with E-state index in [0.29, 0.717) is 10.5 Å². The third kappa shape index (κ3) is 2.97. The van der Waals surface area contributed by atoms with Crippen molar-refractivity contribution in [2.24, 2.45) is 0 Å². The van der Waals surface area contributed by atoms with Crippen molar-refractivity contribution < 1.29 is 9.00 Å². The van der Waals surface area contributed by atoms with Crippen molar-refractivity contribution in [3.05, 3.63) is 52.8 Å². The molecule has 0 saturated heterocycles. The average molecular weight is 326 g/mol. The Balaban J connectivity index is 2.34. The Labute approximate surface area is 116 Å². The van der Waals surface area contributed by atoms with Crippen LogP contribution in [0, 0.1) is 0 Å². The molecule has 2 aromatic rings. The Morgan fingerprint density at radius 1 is 1.33 bits per heavy atom. The zero-order valence-corrected chi connectivity index (χ0v) is 12.2. The first-order valence-electron chi connectivity index (χ1n) is 5.35. The van der Waals surface area contributed by atoms with E-state index in [9.17, 15) is 9.00 Å². The molecule has 1 heterocycles. The molecule has 0 N–H and O–H groups in total. The van der Waals surface area contributed by atoms with E-state index in [-0.39, 0.29) is 12.3 Å². The summed E-state index contributed by atoms with van der Waals surface area (Å²) in [5.41, 5.74) is 0.513. The van der Waals surface area contributed by atoms with Gasteiger partial charge in [0.2, 0.25) is 0 Å². The Bertz CT molecular complexity index is 593. The largest absolute Gasteiger partial charge is 0.347 e. The highest BCUT2D eigenvalue weighted by atomic mass is 79.9. The van der Waals surface area contributed by atoms with Crippen LogP contribution in [0.5, 0.6) is 0 Å². The highest BCUT2D eigenvalue weighted by Gasteiger charge is 2.14. The summed E-state index contributed by atoms with van der Waals surface area (Å²) >= 11 is 3.33. The summed E-state index contributed by atoms with van der Waals surface area (Å²) in [4.78, 5) is 12.8. The zero-order valence-electron chi connectivity index (χ0n) is 9.80. The smallest absolute Gasteiger partial charge is 0.183 e. The molecular weight excluding hydrogens is 314 g/mol. The summed E-state index contributed by atoms with van der Waals surface area (Å²) in [6, 6.07) is 8.98. The molecular formula is C13H12BrNO2S. The predicted octanol–water partition coefficient (Wildman–Crippen LogP) is 2.87. The van der Waals surface area contributed by atoms with Crippen molar-refractivity contribution in [2.45, 2.75) is 11.4 Å². The molecule has 0 radical (unpaired) electrons. The first-order valence-corrected chi connectivity index (χ1v) is 7.70. The van der Waals surface area contributed by atoms with Crippen molar-refractivity contribution in [1.82, 2.24) is 4.57 Å². The van der Waals surface area contributed by atoms with Gasteiger partial charge in [-0.05, 0) is 30.3 Å².